The number of hydrogen-bond acceptors (Lipinski definition) is 3. The number of nitrogens with two attached hydrogens (primary N) is 1. The third-order valence-corrected chi connectivity index (χ3v) is 5.43. The molecule has 0 spiro atoms. The molecule has 0 radical (unpaired) electrons. The van der Waals surface area contributed by atoms with Gasteiger partial charge in [0.2, 0.25) is 0 Å². The van der Waals surface area contributed by atoms with Gasteiger partial charge in [-0.15, -0.1) is 11.3 Å². The molecule has 1 aromatic heterocycles. The fraction of sp³-hybridized carbons (Fsp3) is 0.800. The quantitative estimate of drug-likeness (QED) is 0.877. The molecule has 0 amide bonds. The summed E-state index contributed by atoms with van der Waals surface area (Å²) in [5, 5.41) is 1.18. The Morgan fingerprint density at radius 1 is 1.44 bits per heavy atom. The Morgan fingerprint density at radius 2 is 2.17 bits per heavy atom. The van der Waals surface area contributed by atoms with E-state index >= 15 is 0 Å². The number of aromatic nitrogens is 1. The van der Waals surface area contributed by atoms with E-state index in [0.29, 0.717) is 5.41 Å². The Balaban J connectivity index is 1.96. The van der Waals surface area contributed by atoms with Crippen molar-refractivity contribution >= 4 is 11.3 Å². The number of hydrogen-bond donors (Lipinski definition) is 1. The van der Waals surface area contributed by atoms with E-state index in [1.165, 1.54) is 48.4 Å². The molecular formula is C15H26N2S. The number of rotatable bonds is 5. The number of thiazole rings is 1. The first-order valence-electron chi connectivity index (χ1n) is 7.29. The molecule has 102 valence electrons. The van der Waals surface area contributed by atoms with Crippen LogP contribution in [0.3, 0.4) is 0 Å². The zero-order valence-corrected chi connectivity index (χ0v) is 12.6. The van der Waals surface area contributed by atoms with E-state index in [4.69, 9.17) is 5.73 Å². The molecule has 18 heavy (non-hydrogen) atoms. The Hall–Kier alpha value is -0.410. The van der Waals surface area contributed by atoms with Crippen LogP contribution in [0.2, 0.25) is 0 Å². The Bertz CT molecular complexity index is 364. The summed E-state index contributed by atoms with van der Waals surface area (Å²) in [5.74, 6) is 0.956. The van der Waals surface area contributed by atoms with E-state index in [1.807, 2.05) is 11.3 Å². The summed E-state index contributed by atoms with van der Waals surface area (Å²) < 4.78 is 0. The van der Waals surface area contributed by atoms with Crippen LogP contribution in [0.1, 0.15) is 55.3 Å². The van der Waals surface area contributed by atoms with E-state index in [9.17, 15) is 0 Å². The molecule has 0 unspecified atom stereocenters. The first kappa shape index (κ1) is 14.0. The van der Waals surface area contributed by atoms with E-state index in [-0.39, 0.29) is 0 Å². The first-order valence-corrected chi connectivity index (χ1v) is 8.10. The van der Waals surface area contributed by atoms with Crippen molar-refractivity contribution in [2.45, 2.75) is 58.8 Å². The second-order valence-corrected chi connectivity index (χ2v) is 7.28. The highest BCUT2D eigenvalue weighted by Crippen LogP contribution is 2.42. The predicted octanol–water partition coefficient (Wildman–Crippen LogP) is 3.93. The molecule has 1 aliphatic carbocycles. The molecule has 2 N–H and O–H groups in total. The van der Waals surface area contributed by atoms with Crippen LogP contribution in [0.4, 0.5) is 0 Å². The molecular weight excluding hydrogens is 240 g/mol. The van der Waals surface area contributed by atoms with Crippen molar-refractivity contribution in [1.82, 2.24) is 4.98 Å². The van der Waals surface area contributed by atoms with Crippen molar-refractivity contribution in [3.05, 3.63) is 16.1 Å². The van der Waals surface area contributed by atoms with Gasteiger partial charge >= 0.3 is 0 Å². The molecule has 0 saturated heterocycles. The van der Waals surface area contributed by atoms with Gasteiger partial charge in [-0.05, 0) is 56.9 Å². The highest BCUT2D eigenvalue weighted by atomic mass is 32.1. The van der Waals surface area contributed by atoms with E-state index in [1.54, 1.807) is 0 Å². The third kappa shape index (κ3) is 3.33. The highest BCUT2D eigenvalue weighted by Gasteiger charge is 2.34. The molecule has 1 fully saturated rings. The number of aryl methyl sites for hydroxylation is 1. The van der Waals surface area contributed by atoms with Gasteiger partial charge in [-0.1, -0.05) is 19.8 Å². The molecule has 3 heteroatoms. The van der Waals surface area contributed by atoms with Crippen molar-refractivity contribution in [3.63, 3.8) is 0 Å². The van der Waals surface area contributed by atoms with Crippen LogP contribution in [0.15, 0.2) is 6.20 Å². The molecule has 0 aromatic carbocycles. The van der Waals surface area contributed by atoms with Crippen LogP contribution in [0.5, 0.6) is 0 Å². The molecule has 1 aliphatic rings. The van der Waals surface area contributed by atoms with Gasteiger partial charge in [0.1, 0.15) is 0 Å². The van der Waals surface area contributed by atoms with Crippen LogP contribution in [-0.2, 0) is 6.42 Å². The fourth-order valence-electron chi connectivity index (χ4n) is 3.30. The summed E-state index contributed by atoms with van der Waals surface area (Å²) in [4.78, 5) is 5.79. The molecule has 0 aliphatic heterocycles. The maximum absolute atomic E-state index is 6.10. The lowest BCUT2D eigenvalue weighted by Gasteiger charge is -2.39. The lowest BCUT2D eigenvalue weighted by atomic mass is 9.67. The Labute approximate surface area is 115 Å². The smallest absolute Gasteiger partial charge is 0.0896 e. The van der Waals surface area contributed by atoms with Crippen LogP contribution < -0.4 is 5.73 Å². The van der Waals surface area contributed by atoms with Crippen molar-refractivity contribution in [2.75, 3.05) is 6.54 Å². The van der Waals surface area contributed by atoms with Crippen LogP contribution in [-0.4, -0.2) is 11.5 Å². The Kier molecular flexibility index (Phi) is 4.79. The maximum atomic E-state index is 6.10. The molecule has 0 atom stereocenters. The summed E-state index contributed by atoms with van der Waals surface area (Å²) in [7, 11) is 0. The standard InChI is InChI=1S/C15H26N2S/c1-3-4-13-5-7-15(11-16,8-6-13)9-14-10-17-12(2)18-14/h10,13H,3-9,11,16H2,1-2H3. The minimum Gasteiger partial charge on any atom is -0.330 e. The van der Waals surface area contributed by atoms with E-state index in [2.05, 4.69) is 25.0 Å². The predicted molar refractivity (Wildman–Crippen MR) is 78.9 cm³/mol. The van der Waals surface area contributed by atoms with Gasteiger partial charge < -0.3 is 5.73 Å². The van der Waals surface area contributed by atoms with Gasteiger partial charge in [0.15, 0.2) is 0 Å². The SMILES string of the molecule is CCCC1CCC(CN)(Cc2cnc(C)s2)CC1. The molecule has 2 nitrogen and oxygen atoms in total. The molecule has 0 bridgehead atoms. The van der Waals surface area contributed by atoms with Crippen molar-refractivity contribution < 1.29 is 0 Å². The minimum absolute atomic E-state index is 0.364. The average molecular weight is 266 g/mol. The maximum Gasteiger partial charge on any atom is 0.0896 e. The van der Waals surface area contributed by atoms with E-state index in [0.717, 1.165) is 18.9 Å². The lowest BCUT2D eigenvalue weighted by molar-refractivity contribution is 0.151. The second kappa shape index (κ2) is 6.16. The first-order chi connectivity index (χ1) is 8.67. The normalized spacial score (nSPS) is 28.5. The zero-order chi connectivity index (χ0) is 13.0. The van der Waals surface area contributed by atoms with Gasteiger partial charge in [-0.3, -0.25) is 0 Å². The van der Waals surface area contributed by atoms with Gasteiger partial charge in [0.25, 0.3) is 0 Å². The summed E-state index contributed by atoms with van der Waals surface area (Å²) in [6, 6.07) is 0. The van der Waals surface area contributed by atoms with Gasteiger partial charge in [-0.25, -0.2) is 4.98 Å². The Morgan fingerprint density at radius 3 is 2.67 bits per heavy atom. The van der Waals surface area contributed by atoms with E-state index < -0.39 is 0 Å². The summed E-state index contributed by atoms with van der Waals surface area (Å²) in [6.45, 7) is 5.22. The fourth-order valence-corrected chi connectivity index (χ4v) is 4.27. The lowest BCUT2D eigenvalue weighted by Crippen LogP contribution is -2.36. The molecule has 1 saturated carbocycles. The van der Waals surface area contributed by atoms with Crippen molar-refractivity contribution in [3.8, 4) is 0 Å². The van der Waals surface area contributed by atoms with Crippen LogP contribution in [0, 0.1) is 18.3 Å². The largest absolute Gasteiger partial charge is 0.330 e. The minimum atomic E-state index is 0.364. The third-order valence-electron chi connectivity index (χ3n) is 4.51. The summed E-state index contributed by atoms with van der Waals surface area (Å²) in [6.07, 6.45) is 11.3. The zero-order valence-electron chi connectivity index (χ0n) is 11.7. The van der Waals surface area contributed by atoms with Gasteiger partial charge in [0, 0.05) is 11.1 Å². The molecule has 2 rings (SSSR count). The topological polar surface area (TPSA) is 38.9 Å². The average Bonchev–Trinajstić information content (AvgIpc) is 2.78. The van der Waals surface area contributed by atoms with Crippen LogP contribution >= 0.6 is 11.3 Å². The van der Waals surface area contributed by atoms with Crippen molar-refractivity contribution in [2.24, 2.45) is 17.1 Å². The monoisotopic (exact) mass is 266 g/mol. The summed E-state index contributed by atoms with van der Waals surface area (Å²) >= 11 is 1.84. The molecule has 1 aromatic rings. The highest BCUT2D eigenvalue weighted by molar-refractivity contribution is 7.11. The van der Waals surface area contributed by atoms with Crippen LogP contribution in [0.25, 0.3) is 0 Å². The summed E-state index contributed by atoms with van der Waals surface area (Å²) in [5.41, 5.74) is 6.46. The second-order valence-electron chi connectivity index (χ2n) is 5.96. The van der Waals surface area contributed by atoms with Crippen molar-refractivity contribution in [1.29, 1.82) is 0 Å². The van der Waals surface area contributed by atoms with Gasteiger partial charge in [-0.2, -0.15) is 0 Å². The number of nitrogens with zero attached hydrogens (tertiary/aromatic N) is 1. The molecule has 1 heterocycles. The van der Waals surface area contributed by atoms with Gasteiger partial charge in [0.05, 0.1) is 5.01 Å².